The van der Waals surface area contributed by atoms with Gasteiger partial charge in [0.25, 0.3) is 10.0 Å². The first-order valence-electron chi connectivity index (χ1n) is 9.64. The maximum absolute atomic E-state index is 13.2. The number of aromatic carboxylic acids is 1. The van der Waals surface area contributed by atoms with Crippen LogP contribution in [0.2, 0.25) is 0 Å². The molecule has 0 amide bonds. The van der Waals surface area contributed by atoms with Crippen LogP contribution in [-0.4, -0.2) is 72.3 Å². The van der Waals surface area contributed by atoms with Crippen LogP contribution in [0.25, 0.3) is 0 Å². The summed E-state index contributed by atoms with van der Waals surface area (Å²) >= 11 is 0. The van der Waals surface area contributed by atoms with Gasteiger partial charge in [0.15, 0.2) is 0 Å². The fraction of sp³-hybridized carbons (Fsp3) is 0.381. The average Bonchev–Trinajstić information content (AvgIpc) is 2.73. The first-order chi connectivity index (χ1) is 14.6. The number of carboxylic acids is 1. The Morgan fingerprint density at radius 2 is 1.77 bits per heavy atom. The van der Waals surface area contributed by atoms with Gasteiger partial charge in [-0.3, -0.25) is 4.72 Å². The number of hydrogen-bond acceptors (Lipinski definition) is 7. The predicted octanol–water partition coefficient (Wildman–Crippen LogP) is 2.59. The molecule has 0 aromatic heterocycles. The fourth-order valence-corrected chi connectivity index (χ4v) is 4.24. The van der Waals surface area contributed by atoms with E-state index in [1.165, 1.54) is 38.5 Å². The van der Waals surface area contributed by atoms with E-state index in [4.69, 9.17) is 9.47 Å². The second-order valence-electron chi connectivity index (χ2n) is 7.04. The Morgan fingerprint density at radius 1 is 1.06 bits per heavy atom. The van der Waals surface area contributed by atoms with Crippen molar-refractivity contribution in [3.05, 3.63) is 42.0 Å². The van der Waals surface area contributed by atoms with Crippen molar-refractivity contribution in [1.29, 1.82) is 0 Å². The van der Waals surface area contributed by atoms with E-state index in [0.717, 1.165) is 6.54 Å². The van der Waals surface area contributed by atoms with Crippen molar-refractivity contribution in [2.75, 3.05) is 57.6 Å². The molecule has 0 bridgehead atoms. The third-order valence-electron chi connectivity index (χ3n) is 4.69. The van der Waals surface area contributed by atoms with Crippen LogP contribution >= 0.6 is 0 Å². The van der Waals surface area contributed by atoms with Crippen LogP contribution in [0.1, 0.15) is 17.3 Å². The van der Waals surface area contributed by atoms with Gasteiger partial charge in [0.05, 0.1) is 31.2 Å². The number of methoxy groups -OCH3 is 2. The summed E-state index contributed by atoms with van der Waals surface area (Å²) in [5.41, 5.74) is 0.730. The van der Waals surface area contributed by atoms with Crippen LogP contribution in [0.15, 0.2) is 41.3 Å². The van der Waals surface area contributed by atoms with Gasteiger partial charge in [-0.25, -0.2) is 13.2 Å². The van der Waals surface area contributed by atoms with E-state index in [-0.39, 0.29) is 21.9 Å². The van der Waals surface area contributed by atoms with Gasteiger partial charge in [0.2, 0.25) is 0 Å². The quantitative estimate of drug-likeness (QED) is 0.537. The van der Waals surface area contributed by atoms with Crippen molar-refractivity contribution in [3.63, 3.8) is 0 Å². The second-order valence-corrected chi connectivity index (χ2v) is 8.69. The van der Waals surface area contributed by atoms with Crippen LogP contribution in [0.4, 0.5) is 11.4 Å². The van der Waals surface area contributed by atoms with E-state index < -0.39 is 16.0 Å². The maximum atomic E-state index is 13.2. The molecular weight excluding hydrogens is 422 g/mol. The van der Waals surface area contributed by atoms with Crippen LogP contribution < -0.4 is 19.1 Å². The summed E-state index contributed by atoms with van der Waals surface area (Å²) in [5, 5.41) is 9.40. The summed E-state index contributed by atoms with van der Waals surface area (Å²) in [6.07, 6.45) is 0. The highest BCUT2D eigenvalue weighted by atomic mass is 32.2. The van der Waals surface area contributed by atoms with E-state index >= 15 is 0 Å². The number of carboxylic acid groups (broad SMARTS) is 1. The first kappa shape index (κ1) is 24.3. The lowest BCUT2D eigenvalue weighted by Gasteiger charge is -2.27. The Bertz CT molecular complexity index is 1020. The zero-order valence-electron chi connectivity index (χ0n) is 18.4. The van der Waals surface area contributed by atoms with Crippen molar-refractivity contribution in [1.82, 2.24) is 4.90 Å². The monoisotopic (exact) mass is 451 g/mol. The standard InChI is InChI=1S/C21H29N3O6S/c1-6-24(12-11-23(2)3)18-9-7-15(21(25)26)13-17(18)22-31(27,28)20-14-16(29-4)8-10-19(20)30-5/h7-10,13-14,22H,6,11-12H2,1-5H3,(H,25,26). The molecule has 0 aliphatic carbocycles. The van der Waals surface area contributed by atoms with Crippen LogP contribution in [0.5, 0.6) is 11.5 Å². The minimum absolute atomic E-state index is 0.0253. The molecule has 0 unspecified atom stereocenters. The zero-order chi connectivity index (χ0) is 23.2. The smallest absolute Gasteiger partial charge is 0.335 e. The number of sulfonamides is 1. The number of likely N-dealkylation sites (N-methyl/N-ethyl adjacent to an activating group) is 2. The van der Waals surface area contributed by atoms with E-state index in [0.29, 0.717) is 24.5 Å². The van der Waals surface area contributed by atoms with E-state index in [9.17, 15) is 18.3 Å². The second kappa shape index (κ2) is 10.4. The molecule has 2 rings (SSSR count). The number of rotatable bonds is 11. The van der Waals surface area contributed by atoms with E-state index in [2.05, 4.69) is 4.72 Å². The summed E-state index contributed by atoms with van der Waals surface area (Å²) in [6.45, 7) is 3.93. The zero-order valence-corrected chi connectivity index (χ0v) is 19.2. The minimum Gasteiger partial charge on any atom is -0.497 e. The highest BCUT2D eigenvalue weighted by Gasteiger charge is 2.24. The summed E-state index contributed by atoms with van der Waals surface area (Å²) in [5.74, 6) is -0.659. The first-order valence-corrected chi connectivity index (χ1v) is 11.1. The average molecular weight is 452 g/mol. The third-order valence-corrected chi connectivity index (χ3v) is 6.07. The summed E-state index contributed by atoms with van der Waals surface area (Å²) < 4.78 is 39.4. The van der Waals surface area contributed by atoms with Gasteiger partial charge < -0.3 is 24.4 Å². The summed E-state index contributed by atoms with van der Waals surface area (Å²) in [4.78, 5) is 15.4. The highest BCUT2D eigenvalue weighted by molar-refractivity contribution is 7.92. The molecule has 0 saturated heterocycles. The highest BCUT2D eigenvalue weighted by Crippen LogP contribution is 2.33. The molecule has 2 N–H and O–H groups in total. The van der Waals surface area contributed by atoms with E-state index in [1.54, 1.807) is 12.1 Å². The number of ether oxygens (including phenoxy) is 2. The topological polar surface area (TPSA) is 108 Å². The normalized spacial score (nSPS) is 11.3. The molecule has 31 heavy (non-hydrogen) atoms. The van der Waals surface area contributed by atoms with Gasteiger partial charge in [0, 0.05) is 25.7 Å². The molecule has 0 aliphatic rings. The number of nitrogens with one attached hydrogen (secondary N) is 1. The Balaban J connectivity index is 2.55. The van der Waals surface area contributed by atoms with Crippen molar-refractivity contribution >= 4 is 27.4 Å². The molecule has 0 saturated carbocycles. The van der Waals surface area contributed by atoms with Crippen LogP contribution in [0.3, 0.4) is 0 Å². The van der Waals surface area contributed by atoms with Gasteiger partial charge in [-0.1, -0.05) is 0 Å². The molecule has 0 radical (unpaired) electrons. The number of benzene rings is 2. The number of carbonyl (C=O) groups is 1. The maximum Gasteiger partial charge on any atom is 0.335 e. The van der Waals surface area contributed by atoms with Gasteiger partial charge in [0.1, 0.15) is 16.4 Å². The number of anilines is 2. The molecule has 2 aromatic rings. The predicted molar refractivity (Wildman–Crippen MR) is 120 cm³/mol. The largest absolute Gasteiger partial charge is 0.497 e. The lowest BCUT2D eigenvalue weighted by Crippen LogP contribution is -2.32. The van der Waals surface area contributed by atoms with Crippen molar-refractivity contribution in [2.24, 2.45) is 0 Å². The number of nitrogens with zero attached hydrogens (tertiary/aromatic N) is 2. The molecule has 10 heteroatoms. The molecule has 170 valence electrons. The molecular formula is C21H29N3O6S. The van der Waals surface area contributed by atoms with Gasteiger partial charge in [-0.05, 0) is 51.4 Å². The summed E-state index contributed by atoms with van der Waals surface area (Å²) in [6, 6.07) is 8.83. The SMILES string of the molecule is CCN(CCN(C)C)c1ccc(C(=O)O)cc1NS(=O)(=O)c1cc(OC)ccc1OC. The molecule has 0 spiro atoms. The molecule has 0 aliphatic heterocycles. The Morgan fingerprint density at radius 3 is 2.32 bits per heavy atom. The molecule has 9 nitrogen and oxygen atoms in total. The molecule has 0 atom stereocenters. The van der Waals surface area contributed by atoms with Gasteiger partial charge >= 0.3 is 5.97 Å². The Labute approximate surface area is 183 Å². The lowest BCUT2D eigenvalue weighted by molar-refractivity contribution is 0.0697. The molecule has 0 fully saturated rings. The van der Waals surface area contributed by atoms with Crippen molar-refractivity contribution in [3.8, 4) is 11.5 Å². The summed E-state index contributed by atoms with van der Waals surface area (Å²) in [7, 11) is 2.58. The van der Waals surface area contributed by atoms with Crippen molar-refractivity contribution in [2.45, 2.75) is 11.8 Å². The van der Waals surface area contributed by atoms with Crippen LogP contribution in [-0.2, 0) is 10.0 Å². The lowest BCUT2D eigenvalue weighted by atomic mass is 10.1. The van der Waals surface area contributed by atoms with Gasteiger partial charge in [-0.15, -0.1) is 0 Å². The van der Waals surface area contributed by atoms with Crippen molar-refractivity contribution < 1.29 is 27.8 Å². The minimum atomic E-state index is -4.11. The van der Waals surface area contributed by atoms with Crippen LogP contribution in [0, 0.1) is 0 Å². The Kier molecular flexibility index (Phi) is 8.12. The molecule has 2 aromatic carbocycles. The third kappa shape index (κ3) is 6.02. The van der Waals surface area contributed by atoms with Gasteiger partial charge in [-0.2, -0.15) is 0 Å². The fourth-order valence-electron chi connectivity index (χ4n) is 2.99. The molecule has 0 heterocycles. The Hall–Kier alpha value is -2.98. The number of hydrogen-bond donors (Lipinski definition) is 2. The van der Waals surface area contributed by atoms with E-state index in [1.807, 2.05) is 30.8 Å².